The second-order valence-electron chi connectivity index (χ2n) is 6.09. The lowest BCUT2D eigenvalue weighted by atomic mass is 10.2. The lowest BCUT2D eigenvalue weighted by molar-refractivity contribution is 0.0951. The standard InChI is InChI=1S/C21H22N6O2/c1-2-22-21(29)27-19-12-18(26-15-8-4-3-5-9-15)17(14-24-19)20(28)25-13-16-10-6-7-11-23-16/h3-12,14H,2,13H2,1H3,(H,25,28)(H3,22,24,26,27,29). The van der Waals surface area contributed by atoms with E-state index in [1.807, 2.05) is 55.5 Å². The van der Waals surface area contributed by atoms with Crippen molar-refractivity contribution in [1.82, 2.24) is 20.6 Å². The van der Waals surface area contributed by atoms with E-state index in [0.29, 0.717) is 30.2 Å². The minimum atomic E-state index is -0.363. The molecular weight excluding hydrogens is 368 g/mol. The van der Waals surface area contributed by atoms with Crippen molar-refractivity contribution in [3.05, 3.63) is 78.2 Å². The van der Waals surface area contributed by atoms with Crippen LogP contribution in [0.4, 0.5) is 22.0 Å². The highest BCUT2D eigenvalue weighted by Gasteiger charge is 2.15. The first-order chi connectivity index (χ1) is 14.2. The van der Waals surface area contributed by atoms with E-state index < -0.39 is 0 Å². The molecule has 0 unspecified atom stereocenters. The molecule has 3 amide bonds. The molecule has 2 heterocycles. The van der Waals surface area contributed by atoms with Crippen molar-refractivity contribution in [3.8, 4) is 0 Å². The normalized spacial score (nSPS) is 10.1. The molecule has 8 nitrogen and oxygen atoms in total. The number of carbonyl (C=O) groups is 2. The van der Waals surface area contributed by atoms with Gasteiger partial charge in [0, 0.05) is 30.7 Å². The van der Waals surface area contributed by atoms with E-state index in [4.69, 9.17) is 0 Å². The van der Waals surface area contributed by atoms with Crippen LogP contribution in [-0.2, 0) is 6.54 Å². The predicted octanol–water partition coefficient (Wildman–Crippen LogP) is 3.29. The van der Waals surface area contributed by atoms with Gasteiger partial charge < -0.3 is 16.0 Å². The summed E-state index contributed by atoms with van der Waals surface area (Å²) in [7, 11) is 0. The molecule has 0 aliphatic heterocycles. The van der Waals surface area contributed by atoms with Crippen molar-refractivity contribution < 1.29 is 9.59 Å². The minimum absolute atomic E-state index is 0.295. The average Bonchev–Trinajstić information content (AvgIpc) is 2.74. The number of rotatable bonds is 7. The molecule has 29 heavy (non-hydrogen) atoms. The van der Waals surface area contributed by atoms with Crippen molar-refractivity contribution in [2.24, 2.45) is 0 Å². The molecule has 0 fully saturated rings. The van der Waals surface area contributed by atoms with Gasteiger partial charge in [-0.05, 0) is 31.2 Å². The average molecular weight is 390 g/mol. The van der Waals surface area contributed by atoms with E-state index in [9.17, 15) is 9.59 Å². The summed E-state index contributed by atoms with van der Waals surface area (Å²) in [6, 6.07) is 16.2. The molecule has 0 saturated heterocycles. The van der Waals surface area contributed by atoms with E-state index in [1.165, 1.54) is 6.20 Å². The highest BCUT2D eigenvalue weighted by Crippen LogP contribution is 2.23. The zero-order valence-corrected chi connectivity index (χ0v) is 16.0. The lowest BCUT2D eigenvalue weighted by Crippen LogP contribution is -2.29. The van der Waals surface area contributed by atoms with E-state index in [2.05, 4.69) is 31.2 Å². The molecule has 0 radical (unpaired) electrons. The van der Waals surface area contributed by atoms with Crippen LogP contribution in [0.1, 0.15) is 23.0 Å². The van der Waals surface area contributed by atoms with Gasteiger partial charge in [-0.3, -0.25) is 15.1 Å². The van der Waals surface area contributed by atoms with Gasteiger partial charge in [-0.1, -0.05) is 24.3 Å². The van der Waals surface area contributed by atoms with Crippen molar-refractivity contribution in [3.63, 3.8) is 0 Å². The summed E-state index contributed by atoms with van der Waals surface area (Å²) in [6.45, 7) is 2.61. The number of pyridine rings is 2. The number of urea groups is 1. The molecule has 0 atom stereocenters. The Balaban J connectivity index is 1.81. The van der Waals surface area contributed by atoms with Crippen LogP contribution in [0.5, 0.6) is 0 Å². The Morgan fingerprint density at radius 2 is 1.76 bits per heavy atom. The Kier molecular flexibility index (Phi) is 6.72. The van der Waals surface area contributed by atoms with Crippen molar-refractivity contribution >= 4 is 29.1 Å². The quantitative estimate of drug-likeness (QED) is 0.495. The zero-order chi connectivity index (χ0) is 20.5. The van der Waals surface area contributed by atoms with Gasteiger partial charge in [-0.25, -0.2) is 9.78 Å². The van der Waals surface area contributed by atoms with Crippen LogP contribution in [0.15, 0.2) is 67.0 Å². The second-order valence-corrected chi connectivity index (χ2v) is 6.09. The lowest BCUT2D eigenvalue weighted by Gasteiger charge is -2.14. The SMILES string of the molecule is CCNC(=O)Nc1cc(Nc2ccccc2)c(C(=O)NCc2ccccn2)cn1. The molecule has 0 spiro atoms. The molecule has 148 valence electrons. The number of amides is 3. The van der Waals surface area contributed by atoms with Crippen LogP contribution in [0.2, 0.25) is 0 Å². The van der Waals surface area contributed by atoms with Crippen LogP contribution in [0.3, 0.4) is 0 Å². The number of hydrogen-bond donors (Lipinski definition) is 4. The summed E-state index contributed by atoms with van der Waals surface area (Å²) in [5, 5.41) is 11.3. The Morgan fingerprint density at radius 3 is 2.48 bits per heavy atom. The Hall–Kier alpha value is -3.94. The van der Waals surface area contributed by atoms with Gasteiger partial charge in [-0.2, -0.15) is 0 Å². The molecule has 4 N–H and O–H groups in total. The smallest absolute Gasteiger partial charge is 0.320 e. The monoisotopic (exact) mass is 390 g/mol. The fourth-order valence-electron chi connectivity index (χ4n) is 2.57. The fraction of sp³-hybridized carbons (Fsp3) is 0.143. The largest absolute Gasteiger partial charge is 0.355 e. The topological polar surface area (TPSA) is 108 Å². The van der Waals surface area contributed by atoms with E-state index in [-0.39, 0.29) is 11.9 Å². The van der Waals surface area contributed by atoms with Crippen LogP contribution < -0.4 is 21.3 Å². The van der Waals surface area contributed by atoms with Gasteiger partial charge in [-0.15, -0.1) is 0 Å². The maximum absolute atomic E-state index is 12.7. The Morgan fingerprint density at radius 1 is 0.966 bits per heavy atom. The third kappa shape index (κ3) is 5.77. The Labute approximate surface area is 168 Å². The third-order valence-corrected chi connectivity index (χ3v) is 3.94. The van der Waals surface area contributed by atoms with Crippen molar-refractivity contribution in [2.45, 2.75) is 13.5 Å². The molecule has 8 heteroatoms. The molecule has 1 aromatic carbocycles. The van der Waals surface area contributed by atoms with Gasteiger partial charge >= 0.3 is 6.03 Å². The molecular formula is C21H22N6O2. The van der Waals surface area contributed by atoms with E-state index in [1.54, 1.807) is 12.3 Å². The number of benzene rings is 1. The summed E-state index contributed by atoms with van der Waals surface area (Å²) >= 11 is 0. The van der Waals surface area contributed by atoms with Crippen molar-refractivity contribution in [1.29, 1.82) is 0 Å². The van der Waals surface area contributed by atoms with Gasteiger partial charge in [0.2, 0.25) is 0 Å². The number of nitrogens with zero attached hydrogens (tertiary/aromatic N) is 2. The number of nitrogens with one attached hydrogen (secondary N) is 4. The minimum Gasteiger partial charge on any atom is -0.355 e. The molecule has 0 bridgehead atoms. The van der Waals surface area contributed by atoms with Crippen LogP contribution in [0, 0.1) is 0 Å². The second kappa shape index (κ2) is 9.84. The number of hydrogen-bond acceptors (Lipinski definition) is 5. The van der Waals surface area contributed by atoms with Gasteiger partial charge in [0.15, 0.2) is 0 Å². The highest BCUT2D eigenvalue weighted by atomic mass is 16.2. The number of anilines is 3. The summed E-state index contributed by atoms with van der Waals surface area (Å²) in [5.74, 6) is 0.0294. The first-order valence-electron chi connectivity index (χ1n) is 9.21. The number of para-hydroxylation sites is 1. The van der Waals surface area contributed by atoms with E-state index >= 15 is 0 Å². The fourth-order valence-corrected chi connectivity index (χ4v) is 2.57. The summed E-state index contributed by atoms with van der Waals surface area (Å²) in [6.07, 6.45) is 3.10. The van der Waals surface area contributed by atoms with E-state index in [0.717, 1.165) is 11.4 Å². The molecule has 0 saturated carbocycles. The van der Waals surface area contributed by atoms with Gasteiger partial charge in [0.25, 0.3) is 5.91 Å². The number of aromatic nitrogens is 2. The van der Waals surface area contributed by atoms with Crippen LogP contribution >= 0.6 is 0 Å². The molecule has 3 aromatic rings. The predicted molar refractivity (Wildman–Crippen MR) is 112 cm³/mol. The summed E-state index contributed by atoms with van der Waals surface area (Å²) in [4.78, 5) is 32.9. The molecule has 2 aromatic heterocycles. The molecule has 3 rings (SSSR count). The summed E-state index contributed by atoms with van der Waals surface area (Å²) < 4.78 is 0. The molecule has 0 aliphatic carbocycles. The van der Waals surface area contributed by atoms with Crippen LogP contribution in [0.25, 0.3) is 0 Å². The zero-order valence-electron chi connectivity index (χ0n) is 16.0. The summed E-state index contributed by atoms with van der Waals surface area (Å²) in [5.41, 5.74) is 2.44. The third-order valence-electron chi connectivity index (χ3n) is 3.94. The number of carbonyl (C=O) groups excluding carboxylic acids is 2. The first kappa shape index (κ1) is 19.8. The van der Waals surface area contributed by atoms with Crippen LogP contribution in [-0.4, -0.2) is 28.5 Å². The van der Waals surface area contributed by atoms with Gasteiger partial charge in [0.1, 0.15) is 5.82 Å². The maximum Gasteiger partial charge on any atom is 0.320 e. The highest BCUT2D eigenvalue weighted by molar-refractivity contribution is 6.01. The van der Waals surface area contributed by atoms with Gasteiger partial charge in [0.05, 0.1) is 23.5 Å². The first-order valence-corrected chi connectivity index (χ1v) is 9.21. The Bertz CT molecular complexity index is 963. The molecule has 0 aliphatic rings. The maximum atomic E-state index is 12.7. The van der Waals surface area contributed by atoms with Crippen molar-refractivity contribution in [2.75, 3.05) is 17.2 Å².